The second-order valence-electron chi connectivity index (χ2n) is 7.27. The highest BCUT2D eigenvalue weighted by Crippen LogP contribution is 2.31. The third-order valence-corrected chi connectivity index (χ3v) is 4.98. The lowest BCUT2D eigenvalue weighted by molar-refractivity contribution is -0.137. The lowest BCUT2D eigenvalue weighted by Gasteiger charge is -2.12. The van der Waals surface area contributed by atoms with E-state index in [1.807, 2.05) is 51.1 Å². The summed E-state index contributed by atoms with van der Waals surface area (Å²) in [6.07, 6.45) is -4.49. The van der Waals surface area contributed by atoms with E-state index in [0.717, 1.165) is 23.1 Å². The number of aryl methyl sites for hydroxylation is 1. The average Bonchev–Trinajstić information content (AvgIpc) is 2.85. The summed E-state index contributed by atoms with van der Waals surface area (Å²) in [5.41, 5.74) is 1.30. The maximum absolute atomic E-state index is 12.9. The minimum Gasteiger partial charge on any atom is -0.364 e. The molecular weight excluding hydrogens is 441 g/mol. The van der Waals surface area contributed by atoms with Gasteiger partial charge in [0, 0.05) is 28.6 Å². The first-order valence-corrected chi connectivity index (χ1v) is 10.8. The van der Waals surface area contributed by atoms with Crippen LogP contribution in [0.1, 0.15) is 41.0 Å². The van der Waals surface area contributed by atoms with Gasteiger partial charge in [-0.3, -0.25) is 4.79 Å². The number of amides is 1. The number of hydrogen-bond donors (Lipinski definition) is 2. The highest BCUT2D eigenvalue weighted by Gasteiger charge is 2.30. The van der Waals surface area contributed by atoms with Crippen molar-refractivity contribution in [2.24, 2.45) is 0 Å². The molecule has 0 saturated carbocycles. The Kier molecular flexibility index (Phi) is 7.83. The van der Waals surface area contributed by atoms with Gasteiger partial charge in [0.2, 0.25) is 0 Å². The first-order chi connectivity index (χ1) is 16.3. The lowest BCUT2D eigenvalue weighted by atomic mass is 10.1. The van der Waals surface area contributed by atoms with Crippen molar-refractivity contribution in [3.8, 4) is 0 Å². The molecule has 4 aromatic rings. The van der Waals surface area contributed by atoms with Gasteiger partial charge in [-0.25, -0.2) is 0 Å². The van der Waals surface area contributed by atoms with E-state index in [9.17, 15) is 18.0 Å². The van der Waals surface area contributed by atoms with Crippen LogP contribution in [0.4, 0.5) is 24.7 Å². The summed E-state index contributed by atoms with van der Waals surface area (Å²) in [5.74, 6) is -0.00197. The second-order valence-corrected chi connectivity index (χ2v) is 7.27. The van der Waals surface area contributed by atoms with Gasteiger partial charge in [-0.2, -0.15) is 18.3 Å². The van der Waals surface area contributed by atoms with Gasteiger partial charge in [0.05, 0.1) is 11.3 Å². The molecule has 0 unspecified atom stereocenters. The zero-order valence-corrected chi connectivity index (χ0v) is 19.1. The number of aromatic nitrogens is 2. The van der Waals surface area contributed by atoms with Crippen molar-refractivity contribution >= 4 is 28.2 Å². The van der Waals surface area contributed by atoms with Crippen molar-refractivity contribution < 1.29 is 18.0 Å². The number of hydrogen-bond acceptors (Lipinski definition) is 4. The van der Waals surface area contributed by atoms with Gasteiger partial charge in [-0.15, -0.1) is 5.10 Å². The van der Waals surface area contributed by atoms with E-state index in [0.29, 0.717) is 29.0 Å². The molecular formula is C26H25F3N4O. The Morgan fingerprint density at radius 1 is 0.882 bits per heavy atom. The molecule has 34 heavy (non-hydrogen) atoms. The van der Waals surface area contributed by atoms with Crippen LogP contribution in [0.15, 0.2) is 72.8 Å². The number of carbonyl (C=O) groups excluding carboxylic acids is 1. The third kappa shape index (κ3) is 5.89. The molecule has 0 aliphatic rings. The molecule has 3 aromatic carbocycles. The number of carbonyl (C=O) groups is 1. The van der Waals surface area contributed by atoms with Crippen LogP contribution >= 0.6 is 0 Å². The third-order valence-electron chi connectivity index (χ3n) is 4.98. The smallest absolute Gasteiger partial charge is 0.364 e. The predicted octanol–water partition coefficient (Wildman–Crippen LogP) is 6.85. The van der Waals surface area contributed by atoms with Crippen molar-refractivity contribution in [3.05, 3.63) is 95.2 Å². The maximum atomic E-state index is 12.9. The van der Waals surface area contributed by atoms with Crippen LogP contribution in [0.5, 0.6) is 0 Å². The molecule has 0 bridgehead atoms. The molecule has 1 amide bonds. The summed E-state index contributed by atoms with van der Waals surface area (Å²) in [4.78, 5) is 12.7. The Hall–Kier alpha value is -3.94. The van der Waals surface area contributed by atoms with Crippen LogP contribution in [0.3, 0.4) is 0 Å². The van der Waals surface area contributed by atoms with Crippen molar-refractivity contribution in [1.29, 1.82) is 0 Å². The zero-order chi connectivity index (χ0) is 24.7. The Balaban J connectivity index is 0.00000158. The molecule has 1 heterocycles. The highest BCUT2D eigenvalue weighted by molar-refractivity contribution is 6.07. The molecule has 8 heteroatoms. The molecule has 0 spiro atoms. The van der Waals surface area contributed by atoms with Crippen LogP contribution in [0.2, 0.25) is 0 Å². The molecule has 5 nitrogen and oxygen atoms in total. The monoisotopic (exact) mass is 466 g/mol. The fourth-order valence-electron chi connectivity index (χ4n) is 3.32. The molecule has 0 atom stereocenters. The normalized spacial score (nSPS) is 10.9. The highest BCUT2D eigenvalue weighted by atomic mass is 19.4. The van der Waals surface area contributed by atoms with Gasteiger partial charge in [-0.1, -0.05) is 56.3 Å². The van der Waals surface area contributed by atoms with Gasteiger partial charge in [0.15, 0.2) is 5.82 Å². The number of anilines is 2. The number of alkyl halides is 3. The molecule has 0 fully saturated rings. The molecule has 0 aliphatic heterocycles. The number of nitrogens with zero attached hydrogens (tertiary/aromatic N) is 2. The van der Waals surface area contributed by atoms with Crippen molar-refractivity contribution in [1.82, 2.24) is 10.2 Å². The summed E-state index contributed by atoms with van der Waals surface area (Å²) in [5, 5.41) is 15.7. The van der Waals surface area contributed by atoms with Gasteiger partial charge in [0.25, 0.3) is 5.91 Å². The molecule has 0 aliphatic carbocycles. The summed E-state index contributed by atoms with van der Waals surface area (Å²) >= 11 is 0. The second kappa shape index (κ2) is 10.8. The summed E-state index contributed by atoms with van der Waals surface area (Å²) < 4.78 is 38.8. The Morgan fingerprint density at radius 3 is 2.32 bits per heavy atom. The van der Waals surface area contributed by atoms with Gasteiger partial charge in [0.1, 0.15) is 0 Å². The Bertz CT molecular complexity index is 1270. The van der Waals surface area contributed by atoms with E-state index in [-0.39, 0.29) is 5.69 Å². The molecule has 0 saturated heterocycles. The van der Waals surface area contributed by atoms with E-state index in [1.54, 1.807) is 18.2 Å². The number of fused-ring (bicyclic) bond motifs is 1. The maximum Gasteiger partial charge on any atom is 0.416 e. The summed E-state index contributed by atoms with van der Waals surface area (Å²) in [6, 6.07) is 19.3. The molecule has 4 rings (SSSR count). The van der Waals surface area contributed by atoms with Crippen LogP contribution in [0.25, 0.3) is 10.8 Å². The van der Waals surface area contributed by atoms with Crippen molar-refractivity contribution in [2.75, 3.05) is 10.6 Å². The molecule has 176 valence electrons. The van der Waals surface area contributed by atoms with Gasteiger partial charge in [-0.05, 0) is 42.8 Å². The zero-order valence-electron chi connectivity index (χ0n) is 19.1. The SMILES string of the molecule is CC.Cc1nnc(NCc2ccccc2)c2cc(C(=O)Nc3cccc(C(F)(F)F)c3)ccc12. The van der Waals surface area contributed by atoms with Crippen LogP contribution in [-0.2, 0) is 12.7 Å². The molecule has 2 N–H and O–H groups in total. The van der Waals surface area contributed by atoms with E-state index < -0.39 is 17.6 Å². The average molecular weight is 467 g/mol. The van der Waals surface area contributed by atoms with Crippen LogP contribution < -0.4 is 10.6 Å². The first kappa shape index (κ1) is 24.7. The number of rotatable bonds is 5. The van der Waals surface area contributed by atoms with Crippen LogP contribution in [0, 0.1) is 6.92 Å². The Labute approximate surface area is 196 Å². The minimum absolute atomic E-state index is 0.0661. The minimum atomic E-state index is -4.49. The van der Waals surface area contributed by atoms with E-state index in [2.05, 4.69) is 20.8 Å². The quantitative estimate of drug-likeness (QED) is 0.338. The fourth-order valence-corrected chi connectivity index (χ4v) is 3.32. The van der Waals surface area contributed by atoms with E-state index in [1.165, 1.54) is 12.1 Å². The number of nitrogens with one attached hydrogen (secondary N) is 2. The van der Waals surface area contributed by atoms with Gasteiger partial charge < -0.3 is 10.6 Å². The van der Waals surface area contributed by atoms with Crippen molar-refractivity contribution in [3.63, 3.8) is 0 Å². The predicted molar refractivity (Wildman–Crippen MR) is 129 cm³/mol. The van der Waals surface area contributed by atoms with Gasteiger partial charge >= 0.3 is 6.18 Å². The van der Waals surface area contributed by atoms with E-state index in [4.69, 9.17) is 0 Å². The fraction of sp³-hybridized carbons (Fsp3) is 0.192. The number of halogens is 3. The number of benzene rings is 3. The van der Waals surface area contributed by atoms with E-state index >= 15 is 0 Å². The standard InChI is InChI=1S/C24H19F3N4O.C2H6/c1-15-20-11-10-17(23(32)29-19-9-5-8-18(13-19)24(25,26)27)12-21(20)22(31-30-15)28-14-16-6-3-2-4-7-16;1-2/h2-13H,14H2,1H3,(H,28,31)(H,29,32);1-2H3. The summed E-state index contributed by atoms with van der Waals surface area (Å²) in [6.45, 7) is 6.34. The Morgan fingerprint density at radius 2 is 1.62 bits per heavy atom. The first-order valence-electron chi connectivity index (χ1n) is 10.8. The lowest BCUT2D eigenvalue weighted by Crippen LogP contribution is -2.13. The van der Waals surface area contributed by atoms with Crippen LogP contribution in [-0.4, -0.2) is 16.1 Å². The van der Waals surface area contributed by atoms with Crippen molar-refractivity contribution in [2.45, 2.75) is 33.5 Å². The molecule has 1 aromatic heterocycles. The largest absolute Gasteiger partial charge is 0.416 e. The molecule has 0 radical (unpaired) electrons. The topological polar surface area (TPSA) is 66.9 Å². The summed E-state index contributed by atoms with van der Waals surface area (Å²) in [7, 11) is 0.